The third kappa shape index (κ3) is 800. The van der Waals surface area contributed by atoms with Gasteiger partial charge < -0.3 is 649 Å². The first-order chi connectivity index (χ1) is 0. The maximum atomic E-state index is 0. The molecule has 304 valence electrons. The van der Waals surface area contributed by atoms with Gasteiger partial charge in [0.25, 0.3) is 0 Å². The van der Waals surface area contributed by atoms with Crippen LogP contribution in [0.15, 0.2) is 0 Å². The molecule has 0 radical (unpaired) electrons. The van der Waals surface area contributed by atoms with Crippen LogP contribution in [0.25, 0.3) is 0 Å². The van der Waals surface area contributed by atoms with E-state index in [1.165, 1.54) is 0 Å². The molecule has 0 aliphatic heterocycles. The molecule has 0 bridgehead atoms. The third-order valence-electron chi connectivity index (χ3n) is 0. The van der Waals surface area contributed by atoms with Crippen molar-refractivity contribution < 1.29 is 662 Å². The average molecular weight is 5220 g/mol. The Morgan fingerprint density at radius 3 is 0.0278 bits per heavy atom. The monoisotopic (exact) mass is 5210 g/mol. The van der Waals surface area contributed by atoms with E-state index in [9.17, 15) is 0 Å². The summed E-state index contributed by atoms with van der Waals surface area (Å²) in [5.74, 6) is 0. The van der Waals surface area contributed by atoms with Crippen LogP contribution in [0.3, 0.4) is 0 Å². The van der Waals surface area contributed by atoms with Crippen molar-refractivity contribution in [2.45, 2.75) is 0 Å². The van der Waals surface area contributed by atoms with E-state index in [2.05, 4.69) is 0 Å². The Kier molecular flexibility index (Phi) is 9640. The van der Waals surface area contributed by atoms with Crippen LogP contribution < -0.4 is 0 Å². The number of hydrogen-bond donors (Lipinski definition) is 0. The SMILES string of the molecule is [Se-2].[Se-2].[Se-2].[Se-2].[Se-2].[Se-2].[Se-2].[Se-2].[Se-2].[Se-2].[Se-2].[Se-2].[Se-2].[Se-2].[Se-2].[Se-2].[Se-2].[Se-2].[Se-2].[Se-2].[Se-2].[Se-2].[Se-2].[Se-2].[Se-2].[Se-2].[Se-2].[Se-2].[Se-2].[Se-2].[Se-2].[Se-2].[Se-2].[Se-2].[Se-2].[Se-2].[Se-2].[Se-2].[Zn+2].[Zn+2].[Zn+2].[Zn+2].[Zn+2].[Zn+2].[Zn+2].[Zn+2].[Zn+2].[Zn+2].[Zn+2].[Zn+2].[Zn+2].[Zn+2].[Zn+2].[Zn+2].[Zn+2].[Zn+2].[Zn+2].[Zn+2].[Zn+2].[Zn+2].[Zn+2].[Zn+2].[Zn+2].[Zn+2].[Zn+2].[Zn+2].[Zn+2].[Zn+2].[Zn+2].[Zn+2].[Zn+2].[Zn+2]. The molecule has 0 spiro atoms. The third-order valence-corrected chi connectivity index (χ3v) is 0. The Morgan fingerprint density at radius 1 is 0.0278 bits per heavy atom. The molecule has 0 heterocycles. The molecule has 0 aliphatic rings. The summed E-state index contributed by atoms with van der Waals surface area (Å²) in [7, 11) is 0. The molecule has 72 heteroatoms. The van der Waals surface area contributed by atoms with Crippen molar-refractivity contribution in [1.29, 1.82) is 0 Å². The van der Waals surface area contributed by atoms with Gasteiger partial charge in [0, 0.05) is 0 Å². The molecule has 0 fully saturated rings. The van der Waals surface area contributed by atoms with Crippen LogP contribution in [0, 0.1) is 0 Å². The first-order valence-corrected chi connectivity index (χ1v) is 0. The van der Waals surface area contributed by atoms with E-state index in [1.807, 2.05) is 0 Å². The minimum Gasteiger partial charge on any atom is -2.00 e. The Labute approximate surface area is 1270 Å². The van der Waals surface area contributed by atoms with E-state index in [-0.39, 0.29) is 1310 Å². The molecule has 0 aromatic heterocycles. The molecule has 0 amide bonds. The molecule has 0 aromatic carbocycles. The van der Waals surface area contributed by atoms with Gasteiger partial charge in [-0.25, -0.2) is 0 Å². The molecule has 0 unspecified atom stereocenters. The minimum absolute atomic E-state index is 0. The molecule has 0 rings (SSSR count). The predicted octanol–water partition coefficient (Wildman–Crippen LogP) is -14.6. The van der Waals surface area contributed by atoms with Gasteiger partial charge in [0.2, 0.25) is 0 Å². The summed E-state index contributed by atoms with van der Waals surface area (Å²) in [6.45, 7) is 0. The topological polar surface area (TPSA) is 0 Å². The fourth-order valence-electron chi connectivity index (χ4n) is 0. The molecule has 0 aliphatic carbocycles. The van der Waals surface area contributed by atoms with Gasteiger partial charge in [0.1, 0.15) is 0 Å². The largest absolute Gasteiger partial charge is 2.00 e. The van der Waals surface area contributed by atoms with Crippen molar-refractivity contribution >= 4 is 649 Å². The molecular weight excluding hydrogens is 5220 g/mol. The van der Waals surface area contributed by atoms with Crippen LogP contribution in [-0.2, 0) is 662 Å². The zero-order chi connectivity index (χ0) is 0. The maximum absolute atomic E-state index is 0. The molecule has 0 saturated heterocycles. The van der Waals surface area contributed by atoms with Crippen molar-refractivity contribution in [3.8, 4) is 0 Å². The number of hydrogen-bond acceptors (Lipinski definition) is 0. The second kappa shape index (κ2) is 822. The van der Waals surface area contributed by atoms with Crippen LogP contribution in [0.5, 0.6) is 0 Å². The zero-order valence-electron chi connectivity index (χ0n) is 39.6. The van der Waals surface area contributed by atoms with Crippen LogP contribution in [0.2, 0.25) is 0 Å². The van der Waals surface area contributed by atoms with Crippen molar-refractivity contribution in [2.24, 2.45) is 0 Å². The Balaban J connectivity index is 0. The molecule has 0 saturated carbocycles. The van der Waals surface area contributed by atoms with E-state index in [0.29, 0.717) is 0 Å². The van der Waals surface area contributed by atoms with E-state index >= 15 is 0 Å². The maximum Gasteiger partial charge on any atom is 2.00 e. The van der Waals surface area contributed by atoms with Gasteiger partial charge in [-0.2, -0.15) is 0 Å². The average Bonchev–Trinajstić information content (AvgIpc) is 0. The van der Waals surface area contributed by atoms with Gasteiger partial charge in [-0.1, -0.05) is 0 Å². The van der Waals surface area contributed by atoms with Crippen molar-refractivity contribution in [3.63, 3.8) is 0 Å². The fourth-order valence-corrected chi connectivity index (χ4v) is 0. The Bertz CT molecular complexity index is 71.8. The zero-order valence-corrected chi connectivity index (χ0v) is 206. The fraction of sp³-hybridized carbons (Fsp3) is 0. The summed E-state index contributed by atoms with van der Waals surface area (Å²) in [4.78, 5) is 0. The van der Waals surface area contributed by atoms with Gasteiger partial charge >= 0.3 is 662 Å². The number of rotatable bonds is 0. The smallest absolute Gasteiger partial charge is 2.00 e. The van der Waals surface area contributed by atoms with Gasteiger partial charge in [-0.15, -0.1) is 0 Å². The molecule has 0 N–H and O–H groups in total. The van der Waals surface area contributed by atoms with Crippen LogP contribution in [0.4, 0.5) is 0 Å². The summed E-state index contributed by atoms with van der Waals surface area (Å²) >= 11 is 0. The summed E-state index contributed by atoms with van der Waals surface area (Å²) in [5.41, 5.74) is 0. The summed E-state index contributed by atoms with van der Waals surface area (Å²) in [5, 5.41) is 0. The van der Waals surface area contributed by atoms with Gasteiger partial charge in [0.05, 0.1) is 0 Å². The standard InChI is InChI=1S/38Se.34Zn/q38*-2;34*+2. The van der Waals surface area contributed by atoms with Crippen molar-refractivity contribution in [1.82, 2.24) is 0 Å². The molecule has 72 heavy (non-hydrogen) atoms. The Morgan fingerprint density at radius 2 is 0.0278 bits per heavy atom. The quantitative estimate of drug-likeness (QED) is 0.212. The van der Waals surface area contributed by atoms with Gasteiger partial charge in [-0.05, 0) is 0 Å². The van der Waals surface area contributed by atoms with Crippen molar-refractivity contribution in [3.05, 3.63) is 0 Å². The molecular formula is Se38Zn34-8. The molecule has 0 nitrogen and oxygen atoms in total. The van der Waals surface area contributed by atoms with E-state index in [0.717, 1.165) is 0 Å². The second-order valence-corrected chi connectivity index (χ2v) is 0. The van der Waals surface area contributed by atoms with E-state index in [4.69, 9.17) is 0 Å². The Hall–Kier alpha value is 40.9. The van der Waals surface area contributed by atoms with Crippen molar-refractivity contribution in [2.75, 3.05) is 0 Å². The molecule has 0 aromatic rings. The predicted molar refractivity (Wildman–Crippen MR) is 219 cm³/mol. The molecule has 0 atom stereocenters. The van der Waals surface area contributed by atoms with Crippen LogP contribution in [0.1, 0.15) is 0 Å². The normalized spacial score (nSPS) is 0. The van der Waals surface area contributed by atoms with Crippen LogP contribution >= 0.6 is 0 Å². The summed E-state index contributed by atoms with van der Waals surface area (Å²) in [6, 6.07) is 0. The van der Waals surface area contributed by atoms with Gasteiger partial charge in [0.15, 0.2) is 0 Å². The van der Waals surface area contributed by atoms with E-state index < -0.39 is 0 Å². The first-order valence-electron chi connectivity index (χ1n) is 0. The minimum atomic E-state index is 0. The van der Waals surface area contributed by atoms with Gasteiger partial charge in [-0.3, -0.25) is 0 Å². The summed E-state index contributed by atoms with van der Waals surface area (Å²) in [6.07, 6.45) is 0. The second-order valence-electron chi connectivity index (χ2n) is 0. The summed E-state index contributed by atoms with van der Waals surface area (Å²) < 4.78 is 0. The van der Waals surface area contributed by atoms with E-state index in [1.54, 1.807) is 0 Å². The van der Waals surface area contributed by atoms with Crippen LogP contribution in [-0.4, -0.2) is 649 Å². The first kappa shape index (κ1) is 844.